The van der Waals surface area contributed by atoms with Gasteiger partial charge in [-0.05, 0) is 37.3 Å². The second-order valence-electron chi connectivity index (χ2n) is 4.48. The van der Waals surface area contributed by atoms with E-state index in [2.05, 4.69) is 30.1 Å². The summed E-state index contributed by atoms with van der Waals surface area (Å²) in [5, 5.41) is 9.31. The smallest absolute Gasteiger partial charge is 0.0515 e. The highest BCUT2D eigenvalue weighted by molar-refractivity contribution is 5.62. The summed E-state index contributed by atoms with van der Waals surface area (Å²) in [7, 11) is 2.15. The average Bonchev–Trinajstić information content (AvgIpc) is 2.58. The number of benzene rings is 1. The molecule has 0 fully saturated rings. The zero-order chi connectivity index (χ0) is 10.8. The molecule has 1 aliphatic heterocycles. The van der Waals surface area contributed by atoms with Crippen LogP contribution >= 0.6 is 0 Å². The van der Waals surface area contributed by atoms with Gasteiger partial charge in [0.2, 0.25) is 0 Å². The lowest BCUT2D eigenvalue weighted by Gasteiger charge is -2.17. The zero-order valence-electron chi connectivity index (χ0n) is 9.53. The van der Waals surface area contributed by atoms with Crippen LogP contribution in [0.3, 0.4) is 0 Å². The van der Waals surface area contributed by atoms with Gasteiger partial charge in [0.25, 0.3) is 0 Å². The van der Waals surface area contributed by atoms with E-state index >= 15 is 0 Å². The summed E-state index contributed by atoms with van der Waals surface area (Å²) in [6.07, 6.45) is 2.79. The van der Waals surface area contributed by atoms with E-state index < -0.39 is 0 Å². The Hall–Kier alpha value is -1.02. The van der Waals surface area contributed by atoms with E-state index in [4.69, 9.17) is 0 Å². The van der Waals surface area contributed by atoms with Crippen LogP contribution in [0.2, 0.25) is 0 Å². The first-order valence-electron chi connectivity index (χ1n) is 5.68. The Labute approximate surface area is 91.5 Å². The molecule has 15 heavy (non-hydrogen) atoms. The minimum absolute atomic E-state index is 0.201. The SMILES string of the molecule is CC(O)CCc1cccc2c1N(C)CC2. The van der Waals surface area contributed by atoms with Gasteiger partial charge in [0.15, 0.2) is 0 Å². The van der Waals surface area contributed by atoms with Crippen molar-refractivity contribution < 1.29 is 5.11 Å². The van der Waals surface area contributed by atoms with Crippen molar-refractivity contribution in [3.05, 3.63) is 29.3 Å². The Balaban J connectivity index is 2.21. The molecule has 0 aliphatic carbocycles. The molecule has 1 heterocycles. The standard InChI is InChI=1S/C13H19NO/c1-10(15)6-7-11-4-3-5-12-8-9-14(2)13(11)12/h3-5,10,15H,6-9H2,1-2H3. The van der Waals surface area contributed by atoms with Crippen LogP contribution in [0.5, 0.6) is 0 Å². The highest BCUT2D eigenvalue weighted by atomic mass is 16.3. The fraction of sp³-hybridized carbons (Fsp3) is 0.538. The van der Waals surface area contributed by atoms with Crippen molar-refractivity contribution in [2.45, 2.75) is 32.3 Å². The summed E-state index contributed by atoms with van der Waals surface area (Å²) in [5.41, 5.74) is 4.24. The molecule has 1 N–H and O–H groups in total. The fourth-order valence-electron chi connectivity index (χ4n) is 2.30. The Bertz CT molecular complexity index is 346. The third-order valence-electron chi connectivity index (χ3n) is 3.13. The highest BCUT2D eigenvalue weighted by Crippen LogP contribution is 2.31. The van der Waals surface area contributed by atoms with Crippen LogP contribution in [-0.2, 0) is 12.8 Å². The molecule has 1 aromatic carbocycles. The number of para-hydroxylation sites is 1. The van der Waals surface area contributed by atoms with E-state index in [0.29, 0.717) is 0 Å². The predicted molar refractivity (Wildman–Crippen MR) is 63.4 cm³/mol. The summed E-state index contributed by atoms with van der Waals surface area (Å²) < 4.78 is 0. The summed E-state index contributed by atoms with van der Waals surface area (Å²) in [4.78, 5) is 2.33. The van der Waals surface area contributed by atoms with E-state index in [1.54, 1.807) is 0 Å². The minimum Gasteiger partial charge on any atom is -0.393 e. The number of aryl methyl sites for hydroxylation is 1. The van der Waals surface area contributed by atoms with Crippen molar-refractivity contribution in [2.24, 2.45) is 0 Å². The molecule has 0 spiro atoms. The molecule has 2 heteroatoms. The van der Waals surface area contributed by atoms with Crippen molar-refractivity contribution in [1.29, 1.82) is 0 Å². The molecule has 1 aliphatic rings. The minimum atomic E-state index is -0.201. The monoisotopic (exact) mass is 205 g/mol. The number of nitrogens with zero attached hydrogens (tertiary/aromatic N) is 1. The van der Waals surface area contributed by atoms with Crippen molar-refractivity contribution in [3.8, 4) is 0 Å². The molecule has 0 aromatic heterocycles. The van der Waals surface area contributed by atoms with Crippen LogP contribution in [0.15, 0.2) is 18.2 Å². The second kappa shape index (κ2) is 4.23. The van der Waals surface area contributed by atoms with Gasteiger partial charge in [-0.1, -0.05) is 18.2 Å². The largest absolute Gasteiger partial charge is 0.393 e. The predicted octanol–water partition coefficient (Wildman–Crippen LogP) is 1.99. The average molecular weight is 205 g/mol. The number of likely N-dealkylation sites (N-methyl/N-ethyl adjacent to an activating group) is 1. The number of anilines is 1. The molecule has 2 rings (SSSR count). The number of hydrogen-bond acceptors (Lipinski definition) is 2. The van der Waals surface area contributed by atoms with E-state index in [-0.39, 0.29) is 6.10 Å². The van der Waals surface area contributed by atoms with Crippen molar-refractivity contribution in [2.75, 3.05) is 18.5 Å². The Morgan fingerprint density at radius 1 is 1.47 bits per heavy atom. The molecule has 1 unspecified atom stereocenters. The topological polar surface area (TPSA) is 23.5 Å². The van der Waals surface area contributed by atoms with Crippen LogP contribution in [0.25, 0.3) is 0 Å². The first-order valence-corrected chi connectivity index (χ1v) is 5.68. The van der Waals surface area contributed by atoms with Crippen LogP contribution in [0, 0.1) is 0 Å². The van der Waals surface area contributed by atoms with E-state index in [1.165, 1.54) is 16.8 Å². The summed E-state index contributed by atoms with van der Waals surface area (Å²) in [5.74, 6) is 0. The van der Waals surface area contributed by atoms with Crippen LogP contribution in [-0.4, -0.2) is 24.8 Å². The Morgan fingerprint density at radius 3 is 3.00 bits per heavy atom. The van der Waals surface area contributed by atoms with Gasteiger partial charge < -0.3 is 10.0 Å². The van der Waals surface area contributed by atoms with E-state index in [0.717, 1.165) is 25.8 Å². The molecule has 1 atom stereocenters. The molecular weight excluding hydrogens is 186 g/mol. The lowest BCUT2D eigenvalue weighted by molar-refractivity contribution is 0.185. The van der Waals surface area contributed by atoms with E-state index in [9.17, 15) is 5.11 Å². The first-order chi connectivity index (χ1) is 7.18. The lowest BCUT2D eigenvalue weighted by atomic mass is 10.0. The molecule has 2 nitrogen and oxygen atoms in total. The zero-order valence-corrected chi connectivity index (χ0v) is 9.53. The second-order valence-corrected chi connectivity index (χ2v) is 4.48. The normalized spacial score (nSPS) is 16.6. The van der Waals surface area contributed by atoms with Gasteiger partial charge in [0.1, 0.15) is 0 Å². The maximum Gasteiger partial charge on any atom is 0.0515 e. The van der Waals surface area contributed by atoms with Crippen LogP contribution in [0.4, 0.5) is 5.69 Å². The third-order valence-corrected chi connectivity index (χ3v) is 3.13. The van der Waals surface area contributed by atoms with Gasteiger partial charge in [-0.2, -0.15) is 0 Å². The van der Waals surface area contributed by atoms with Gasteiger partial charge >= 0.3 is 0 Å². The maximum atomic E-state index is 9.31. The lowest BCUT2D eigenvalue weighted by Crippen LogP contribution is -2.14. The summed E-state index contributed by atoms with van der Waals surface area (Å²) >= 11 is 0. The van der Waals surface area contributed by atoms with Gasteiger partial charge in [0, 0.05) is 19.3 Å². The maximum absolute atomic E-state index is 9.31. The van der Waals surface area contributed by atoms with Crippen LogP contribution < -0.4 is 4.90 Å². The molecular formula is C13H19NO. The van der Waals surface area contributed by atoms with Gasteiger partial charge in [0.05, 0.1) is 6.10 Å². The van der Waals surface area contributed by atoms with Crippen LogP contribution in [0.1, 0.15) is 24.5 Å². The molecule has 1 aromatic rings. The van der Waals surface area contributed by atoms with Crippen molar-refractivity contribution >= 4 is 5.69 Å². The first kappa shape index (κ1) is 10.5. The molecule has 0 radical (unpaired) electrons. The molecule has 0 amide bonds. The quantitative estimate of drug-likeness (QED) is 0.815. The highest BCUT2D eigenvalue weighted by Gasteiger charge is 2.18. The molecule has 0 saturated carbocycles. The van der Waals surface area contributed by atoms with Crippen molar-refractivity contribution in [1.82, 2.24) is 0 Å². The Kier molecular flexibility index (Phi) is 2.96. The summed E-state index contributed by atoms with van der Waals surface area (Å²) in [6, 6.07) is 6.53. The van der Waals surface area contributed by atoms with Gasteiger partial charge in [-0.3, -0.25) is 0 Å². The third kappa shape index (κ3) is 2.15. The number of hydrogen-bond donors (Lipinski definition) is 1. The summed E-state index contributed by atoms with van der Waals surface area (Å²) in [6.45, 7) is 2.98. The number of aliphatic hydroxyl groups excluding tert-OH is 1. The Morgan fingerprint density at radius 2 is 2.27 bits per heavy atom. The molecule has 0 bridgehead atoms. The van der Waals surface area contributed by atoms with E-state index in [1.807, 2.05) is 6.92 Å². The van der Waals surface area contributed by atoms with Crippen molar-refractivity contribution in [3.63, 3.8) is 0 Å². The van der Waals surface area contributed by atoms with Gasteiger partial charge in [-0.15, -0.1) is 0 Å². The number of rotatable bonds is 3. The van der Waals surface area contributed by atoms with Gasteiger partial charge in [-0.25, -0.2) is 0 Å². The molecule has 0 saturated heterocycles. The number of fused-ring (bicyclic) bond motifs is 1. The molecule has 82 valence electrons. The fourth-order valence-corrected chi connectivity index (χ4v) is 2.30. The number of aliphatic hydroxyl groups is 1.